The molecule has 0 fully saturated rings. The highest BCUT2D eigenvalue weighted by Gasteiger charge is 2.22. The lowest BCUT2D eigenvalue weighted by Crippen LogP contribution is -2.08. The van der Waals surface area contributed by atoms with Gasteiger partial charge in [0.15, 0.2) is 11.5 Å². The number of carbonyl (C=O) groups excluding carboxylic acids is 2. The number of ether oxygens (including phenoxy) is 2. The molecule has 0 aliphatic heterocycles. The van der Waals surface area contributed by atoms with Crippen LogP contribution >= 0.6 is 11.6 Å². The predicted octanol–water partition coefficient (Wildman–Crippen LogP) is 3.09. The molecule has 9 nitrogen and oxygen atoms in total. The Kier molecular flexibility index (Phi) is 7.38. The van der Waals surface area contributed by atoms with Gasteiger partial charge < -0.3 is 35.2 Å². The molecule has 5 N–H and O–H groups in total. The monoisotopic (exact) mass is 437 g/mol. The number of hydrogen-bond acceptors (Lipinski definition) is 8. The molecular weight excluding hydrogens is 418 g/mol. The van der Waals surface area contributed by atoms with Crippen LogP contribution in [-0.4, -0.2) is 46.5 Å². The van der Waals surface area contributed by atoms with E-state index in [0.29, 0.717) is 0 Å². The van der Waals surface area contributed by atoms with Crippen molar-refractivity contribution in [3.63, 3.8) is 0 Å². The van der Waals surface area contributed by atoms with Crippen molar-refractivity contribution in [2.24, 2.45) is 0 Å². The van der Waals surface area contributed by atoms with E-state index in [1.54, 1.807) is 0 Å². The number of benzene rings is 2. The molecule has 0 heterocycles. The Morgan fingerprint density at radius 3 is 2.37 bits per heavy atom. The Labute approximate surface area is 176 Å². The summed E-state index contributed by atoms with van der Waals surface area (Å²) < 4.78 is 9.48. The summed E-state index contributed by atoms with van der Waals surface area (Å²) in [6.45, 7) is 0. The second kappa shape index (κ2) is 9.75. The van der Waals surface area contributed by atoms with E-state index < -0.39 is 23.4 Å². The van der Waals surface area contributed by atoms with Gasteiger partial charge in [0.2, 0.25) is 5.91 Å². The van der Waals surface area contributed by atoms with Gasteiger partial charge in [-0.05, 0) is 24.5 Å². The van der Waals surface area contributed by atoms with E-state index in [1.807, 2.05) is 0 Å². The lowest BCUT2D eigenvalue weighted by atomic mass is 10.0. The van der Waals surface area contributed by atoms with Gasteiger partial charge in [-0.25, -0.2) is 4.79 Å². The van der Waals surface area contributed by atoms with Gasteiger partial charge in [0.1, 0.15) is 22.8 Å². The van der Waals surface area contributed by atoms with Crippen molar-refractivity contribution >= 4 is 29.2 Å². The molecule has 0 bridgehead atoms. The molecule has 0 radical (unpaired) electrons. The van der Waals surface area contributed by atoms with E-state index in [-0.39, 0.29) is 51.9 Å². The quantitative estimate of drug-likeness (QED) is 0.192. The van der Waals surface area contributed by atoms with Gasteiger partial charge in [-0.15, -0.1) is 0 Å². The molecule has 0 spiro atoms. The number of aromatic hydroxyl groups is 4. The van der Waals surface area contributed by atoms with Gasteiger partial charge in [-0.2, -0.15) is 0 Å². The number of methoxy groups -OCH3 is 2. The summed E-state index contributed by atoms with van der Waals surface area (Å²) in [6.07, 6.45) is 2.98. The van der Waals surface area contributed by atoms with Gasteiger partial charge in [-0.3, -0.25) is 4.79 Å². The van der Waals surface area contributed by atoms with Crippen LogP contribution in [0.3, 0.4) is 0 Å². The van der Waals surface area contributed by atoms with Gasteiger partial charge in [0.05, 0.1) is 24.9 Å². The van der Waals surface area contributed by atoms with Crippen LogP contribution < -0.4 is 10.1 Å². The fraction of sp³-hybridized carbons (Fsp3) is 0.200. The topological polar surface area (TPSA) is 146 Å². The van der Waals surface area contributed by atoms with Crippen LogP contribution in [-0.2, 0) is 16.0 Å². The zero-order valence-corrected chi connectivity index (χ0v) is 16.9. The molecule has 1 amide bonds. The number of carbonyl (C=O) groups is 2. The van der Waals surface area contributed by atoms with E-state index in [2.05, 4.69) is 10.1 Å². The van der Waals surface area contributed by atoms with Crippen molar-refractivity contribution in [2.45, 2.75) is 12.8 Å². The molecule has 30 heavy (non-hydrogen) atoms. The molecule has 0 saturated carbocycles. The molecule has 0 unspecified atom stereocenters. The summed E-state index contributed by atoms with van der Waals surface area (Å²) >= 11 is 6.04. The largest absolute Gasteiger partial charge is 0.507 e. The number of rotatable bonds is 7. The summed E-state index contributed by atoms with van der Waals surface area (Å²) in [5, 5.41) is 41.6. The smallest absolute Gasteiger partial charge is 0.341 e. The highest BCUT2D eigenvalue weighted by Crippen LogP contribution is 2.38. The van der Waals surface area contributed by atoms with Crippen LogP contribution in [0.4, 0.5) is 5.69 Å². The maximum absolute atomic E-state index is 12.0. The van der Waals surface area contributed by atoms with Gasteiger partial charge in [0, 0.05) is 18.2 Å². The molecular formula is C20H20ClNO8. The van der Waals surface area contributed by atoms with Crippen molar-refractivity contribution in [3.05, 3.63) is 46.5 Å². The van der Waals surface area contributed by atoms with Crippen molar-refractivity contribution in [2.75, 3.05) is 19.5 Å². The Balaban J connectivity index is 2.10. The molecule has 0 saturated heterocycles. The summed E-state index contributed by atoms with van der Waals surface area (Å²) in [5.41, 5.74) is -0.0162. The number of amides is 1. The fourth-order valence-electron chi connectivity index (χ4n) is 2.66. The number of hydrogen-bond donors (Lipinski definition) is 5. The minimum atomic E-state index is -0.819. The number of esters is 1. The van der Waals surface area contributed by atoms with Crippen LogP contribution in [0.2, 0.25) is 5.02 Å². The second-order valence-corrected chi connectivity index (χ2v) is 6.42. The first-order valence-electron chi connectivity index (χ1n) is 8.58. The third-order valence-electron chi connectivity index (χ3n) is 4.10. The summed E-state index contributed by atoms with van der Waals surface area (Å²) in [6, 6.07) is 3.23. The Hall–Kier alpha value is -3.59. The number of halogens is 1. The highest BCUT2D eigenvalue weighted by molar-refractivity contribution is 6.33. The summed E-state index contributed by atoms with van der Waals surface area (Å²) in [4.78, 5) is 23.9. The van der Waals surface area contributed by atoms with Gasteiger partial charge in [-0.1, -0.05) is 17.7 Å². The number of phenolic OH excluding ortho intramolecular Hbond substituents is 4. The first-order valence-corrected chi connectivity index (χ1v) is 8.96. The average Bonchev–Trinajstić information content (AvgIpc) is 2.70. The SMILES string of the molecule is COC(=O)c1c(O)cc(O)c(Cl)c1CC/C=C\C(=O)Nc1cc(O)c(OC)cc1O. The Bertz CT molecular complexity index is 1000. The lowest BCUT2D eigenvalue weighted by molar-refractivity contribution is -0.111. The van der Waals surface area contributed by atoms with Crippen LogP contribution in [0.1, 0.15) is 22.3 Å². The minimum Gasteiger partial charge on any atom is -0.507 e. The molecule has 2 rings (SSSR count). The molecule has 0 aliphatic rings. The third-order valence-corrected chi connectivity index (χ3v) is 4.52. The standard InChI is InChI=1S/C20H20ClNO8/c1-29-16-9-12(23)11(7-13(16)24)22-17(27)6-4-3-5-10-18(20(28)30-2)14(25)8-15(26)19(10)21/h4,6-9,23-26H,3,5H2,1-2H3,(H,22,27)/b6-4-. The summed E-state index contributed by atoms with van der Waals surface area (Å²) in [7, 11) is 2.46. The predicted molar refractivity (Wildman–Crippen MR) is 109 cm³/mol. The van der Waals surface area contributed by atoms with Gasteiger partial charge >= 0.3 is 5.97 Å². The minimum absolute atomic E-state index is 0.0168. The van der Waals surface area contributed by atoms with E-state index in [9.17, 15) is 30.0 Å². The van der Waals surface area contributed by atoms with E-state index in [4.69, 9.17) is 16.3 Å². The van der Waals surface area contributed by atoms with Crippen molar-refractivity contribution in [3.8, 4) is 28.7 Å². The van der Waals surface area contributed by atoms with E-state index in [0.717, 1.165) is 25.3 Å². The number of nitrogens with one attached hydrogen (secondary N) is 1. The normalized spacial score (nSPS) is 10.8. The van der Waals surface area contributed by atoms with Crippen LogP contribution in [0.5, 0.6) is 28.7 Å². The fourth-order valence-corrected chi connectivity index (χ4v) is 2.91. The van der Waals surface area contributed by atoms with Crippen LogP contribution in [0.25, 0.3) is 0 Å². The maximum atomic E-state index is 12.0. The van der Waals surface area contributed by atoms with Crippen molar-refractivity contribution in [1.82, 2.24) is 0 Å². The van der Waals surface area contributed by atoms with Crippen molar-refractivity contribution < 1.29 is 39.5 Å². The maximum Gasteiger partial charge on any atom is 0.341 e. The molecule has 10 heteroatoms. The molecule has 0 aliphatic carbocycles. The summed E-state index contributed by atoms with van der Waals surface area (Å²) in [5.74, 6) is -2.79. The first-order chi connectivity index (χ1) is 14.2. The highest BCUT2D eigenvalue weighted by atomic mass is 35.5. The zero-order valence-electron chi connectivity index (χ0n) is 16.1. The Morgan fingerprint density at radius 1 is 1.03 bits per heavy atom. The van der Waals surface area contributed by atoms with E-state index >= 15 is 0 Å². The van der Waals surface area contributed by atoms with Crippen LogP contribution in [0.15, 0.2) is 30.4 Å². The average molecular weight is 438 g/mol. The van der Waals surface area contributed by atoms with Crippen molar-refractivity contribution in [1.29, 1.82) is 0 Å². The second-order valence-electron chi connectivity index (χ2n) is 6.05. The third kappa shape index (κ3) is 5.06. The van der Waals surface area contributed by atoms with Crippen LogP contribution in [0, 0.1) is 0 Å². The van der Waals surface area contributed by atoms with E-state index in [1.165, 1.54) is 19.3 Å². The molecule has 2 aromatic carbocycles. The number of phenols is 4. The Morgan fingerprint density at radius 2 is 1.73 bits per heavy atom. The lowest BCUT2D eigenvalue weighted by Gasteiger charge is -2.12. The molecule has 160 valence electrons. The van der Waals surface area contributed by atoms with Gasteiger partial charge in [0.25, 0.3) is 0 Å². The zero-order chi connectivity index (χ0) is 22.4. The number of allylic oxidation sites excluding steroid dienone is 1. The molecule has 2 aromatic rings. The number of anilines is 1. The first kappa shape index (κ1) is 22.7. The molecule has 0 atom stereocenters. The molecule has 0 aromatic heterocycles.